The minimum absolute atomic E-state index is 0. The molecule has 0 aliphatic heterocycles. The molecule has 3 N–H and O–H groups in total. The molecule has 1 fully saturated rings. The number of hydrogen-bond acceptors (Lipinski definition) is 3. The van der Waals surface area contributed by atoms with Crippen LogP contribution in [0.4, 0.5) is 0 Å². The molecule has 0 heterocycles. The van der Waals surface area contributed by atoms with Crippen molar-refractivity contribution in [2.24, 2.45) is 5.73 Å². The molecule has 0 aromatic heterocycles. The van der Waals surface area contributed by atoms with E-state index in [1.807, 2.05) is 24.3 Å². The Bertz CT molecular complexity index is 445. The van der Waals surface area contributed by atoms with Crippen molar-refractivity contribution in [2.45, 2.75) is 44.2 Å². The van der Waals surface area contributed by atoms with Gasteiger partial charge in [-0.05, 0) is 30.5 Å². The van der Waals surface area contributed by atoms with Crippen LogP contribution in [0, 0.1) is 0 Å². The zero-order valence-corrected chi connectivity index (χ0v) is 12.7. The standard InChI is InChI=1S/C15H22N2O2.ClH/c1-19-13-7-5-6-12(10-13)11-17-14(18)15(16)8-3-2-4-9-15;/h5-7,10H,2-4,8-9,11,16H2,1H3,(H,17,18);1H. The van der Waals surface area contributed by atoms with Crippen LogP contribution in [0.15, 0.2) is 24.3 Å². The summed E-state index contributed by atoms with van der Waals surface area (Å²) in [6.07, 6.45) is 4.85. The molecule has 0 radical (unpaired) electrons. The third-order valence-corrected chi connectivity index (χ3v) is 3.79. The van der Waals surface area contributed by atoms with Gasteiger partial charge in [0.25, 0.3) is 0 Å². The van der Waals surface area contributed by atoms with Gasteiger partial charge in [-0.15, -0.1) is 12.4 Å². The van der Waals surface area contributed by atoms with Crippen molar-refractivity contribution in [1.82, 2.24) is 5.32 Å². The van der Waals surface area contributed by atoms with Gasteiger partial charge in [0.05, 0.1) is 12.6 Å². The highest BCUT2D eigenvalue weighted by Crippen LogP contribution is 2.26. The molecule has 1 aliphatic rings. The normalized spacial score (nSPS) is 16.9. The van der Waals surface area contributed by atoms with E-state index in [0.29, 0.717) is 6.54 Å². The maximum Gasteiger partial charge on any atom is 0.240 e. The quantitative estimate of drug-likeness (QED) is 0.897. The van der Waals surface area contributed by atoms with Gasteiger partial charge in [-0.1, -0.05) is 31.4 Å². The summed E-state index contributed by atoms with van der Waals surface area (Å²) in [6, 6.07) is 7.69. The van der Waals surface area contributed by atoms with Gasteiger partial charge in [0, 0.05) is 6.54 Å². The Morgan fingerprint density at radius 1 is 1.35 bits per heavy atom. The lowest BCUT2D eigenvalue weighted by atomic mass is 9.82. The predicted molar refractivity (Wildman–Crippen MR) is 82.1 cm³/mol. The van der Waals surface area contributed by atoms with Crippen LogP contribution in [-0.4, -0.2) is 18.6 Å². The molecule has 0 atom stereocenters. The highest BCUT2D eigenvalue weighted by molar-refractivity contribution is 5.86. The molecule has 0 bridgehead atoms. The maximum atomic E-state index is 12.2. The van der Waals surface area contributed by atoms with Gasteiger partial charge >= 0.3 is 0 Å². The number of rotatable bonds is 4. The first kappa shape index (κ1) is 16.8. The summed E-state index contributed by atoms with van der Waals surface area (Å²) in [5.41, 5.74) is 6.54. The maximum absolute atomic E-state index is 12.2. The summed E-state index contributed by atoms with van der Waals surface area (Å²) in [4.78, 5) is 12.2. The smallest absolute Gasteiger partial charge is 0.240 e. The molecule has 20 heavy (non-hydrogen) atoms. The van der Waals surface area contributed by atoms with Gasteiger partial charge in [0.15, 0.2) is 0 Å². The van der Waals surface area contributed by atoms with Crippen LogP contribution in [-0.2, 0) is 11.3 Å². The zero-order chi connectivity index (χ0) is 13.7. The summed E-state index contributed by atoms with van der Waals surface area (Å²) in [6.45, 7) is 0.495. The van der Waals surface area contributed by atoms with Gasteiger partial charge in [-0.3, -0.25) is 4.79 Å². The summed E-state index contributed by atoms with van der Waals surface area (Å²) in [5.74, 6) is 0.766. The van der Waals surface area contributed by atoms with Crippen LogP contribution >= 0.6 is 12.4 Å². The number of carbonyl (C=O) groups excluding carboxylic acids is 1. The molecular weight excluding hydrogens is 276 g/mol. The number of carbonyl (C=O) groups is 1. The van der Waals surface area contributed by atoms with Crippen molar-refractivity contribution < 1.29 is 9.53 Å². The van der Waals surface area contributed by atoms with Gasteiger partial charge in [-0.25, -0.2) is 0 Å². The summed E-state index contributed by atoms with van der Waals surface area (Å²) >= 11 is 0. The van der Waals surface area contributed by atoms with Crippen LogP contribution in [0.3, 0.4) is 0 Å². The van der Waals surface area contributed by atoms with Gasteiger partial charge < -0.3 is 15.8 Å². The van der Waals surface area contributed by atoms with E-state index in [2.05, 4.69) is 5.32 Å². The van der Waals surface area contributed by atoms with E-state index in [4.69, 9.17) is 10.5 Å². The molecule has 1 saturated carbocycles. The minimum Gasteiger partial charge on any atom is -0.497 e. The van der Waals surface area contributed by atoms with Crippen LogP contribution in [0.25, 0.3) is 0 Å². The van der Waals surface area contributed by atoms with E-state index in [1.165, 1.54) is 6.42 Å². The second-order valence-electron chi connectivity index (χ2n) is 5.25. The van der Waals surface area contributed by atoms with Crippen LogP contribution in [0.5, 0.6) is 5.75 Å². The fourth-order valence-corrected chi connectivity index (χ4v) is 2.55. The lowest BCUT2D eigenvalue weighted by Crippen LogP contribution is -2.54. The Balaban J connectivity index is 0.00000200. The Kier molecular flexibility index (Phi) is 6.30. The first-order chi connectivity index (χ1) is 9.14. The largest absolute Gasteiger partial charge is 0.497 e. The lowest BCUT2D eigenvalue weighted by molar-refractivity contribution is -0.127. The van der Waals surface area contributed by atoms with Gasteiger partial charge in [-0.2, -0.15) is 0 Å². The molecule has 112 valence electrons. The van der Waals surface area contributed by atoms with Crippen LogP contribution in [0.2, 0.25) is 0 Å². The number of hydrogen-bond donors (Lipinski definition) is 2. The van der Waals surface area contributed by atoms with Crippen molar-refractivity contribution in [2.75, 3.05) is 7.11 Å². The fourth-order valence-electron chi connectivity index (χ4n) is 2.55. The molecule has 2 rings (SSSR count). The average molecular weight is 299 g/mol. The molecular formula is C15H23ClN2O2. The van der Waals surface area contributed by atoms with Crippen molar-refractivity contribution in [3.05, 3.63) is 29.8 Å². The van der Waals surface area contributed by atoms with Crippen LogP contribution < -0.4 is 15.8 Å². The zero-order valence-electron chi connectivity index (χ0n) is 11.9. The van der Waals surface area contributed by atoms with Gasteiger partial charge in [0.1, 0.15) is 5.75 Å². The molecule has 1 aromatic carbocycles. The first-order valence-electron chi connectivity index (χ1n) is 6.84. The molecule has 5 heteroatoms. The Morgan fingerprint density at radius 3 is 2.70 bits per heavy atom. The Hall–Kier alpha value is -1.26. The van der Waals surface area contributed by atoms with Crippen molar-refractivity contribution in [1.29, 1.82) is 0 Å². The average Bonchev–Trinajstić information content (AvgIpc) is 2.45. The molecule has 1 amide bonds. The number of nitrogens with two attached hydrogens (primary N) is 1. The molecule has 4 nitrogen and oxygen atoms in total. The third-order valence-electron chi connectivity index (χ3n) is 3.79. The number of benzene rings is 1. The van der Waals surface area contributed by atoms with E-state index in [9.17, 15) is 4.79 Å². The van der Waals surface area contributed by atoms with E-state index in [1.54, 1.807) is 7.11 Å². The van der Waals surface area contributed by atoms with E-state index in [-0.39, 0.29) is 18.3 Å². The Labute approximate surface area is 126 Å². The Morgan fingerprint density at radius 2 is 2.05 bits per heavy atom. The number of ether oxygens (including phenoxy) is 1. The molecule has 0 saturated heterocycles. The second kappa shape index (κ2) is 7.50. The molecule has 0 spiro atoms. The SMILES string of the molecule is COc1cccc(CNC(=O)C2(N)CCCCC2)c1.Cl. The van der Waals surface area contributed by atoms with E-state index >= 15 is 0 Å². The van der Waals surface area contributed by atoms with E-state index < -0.39 is 5.54 Å². The highest BCUT2D eigenvalue weighted by Gasteiger charge is 2.34. The topological polar surface area (TPSA) is 64.3 Å². The lowest BCUT2D eigenvalue weighted by Gasteiger charge is -2.31. The third kappa shape index (κ3) is 4.12. The molecule has 1 aromatic rings. The first-order valence-corrected chi connectivity index (χ1v) is 6.84. The number of methoxy groups -OCH3 is 1. The molecule has 0 unspecified atom stereocenters. The van der Waals surface area contributed by atoms with Crippen molar-refractivity contribution in [3.63, 3.8) is 0 Å². The number of nitrogens with one attached hydrogen (secondary N) is 1. The number of halogens is 1. The minimum atomic E-state index is -0.670. The summed E-state index contributed by atoms with van der Waals surface area (Å²) < 4.78 is 5.16. The van der Waals surface area contributed by atoms with Gasteiger partial charge in [0.2, 0.25) is 5.91 Å². The van der Waals surface area contributed by atoms with Crippen LogP contribution in [0.1, 0.15) is 37.7 Å². The second-order valence-corrected chi connectivity index (χ2v) is 5.25. The molecule has 1 aliphatic carbocycles. The van der Waals surface area contributed by atoms with E-state index in [0.717, 1.165) is 37.0 Å². The van der Waals surface area contributed by atoms with Crippen molar-refractivity contribution in [3.8, 4) is 5.75 Å². The van der Waals surface area contributed by atoms with Crippen molar-refractivity contribution >= 4 is 18.3 Å². The summed E-state index contributed by atoms with van der Waals surface area (Å²) in [5, 5.41) is 2.94. The summed E-state index contributed by atoms with van der Waals surface area (Å²) in [7, 11) is 1.63. The monoisotopic (exact) mass is 298 g/mol. The fraction of sp³-hybridized carbons (Fsp3) is 0.533. The predicted octanol–water partition coefficient (Wildman–Crippen LogP) is 2.39. The highest BCUT2D eigenvalue weighted by atomic mass is 35.5. The number of amides is 1.